The number of fused-ring (bicyclic) bond motifs is 2. The summed E-state index contributed by atoms with van der Waals surface area (Å²) in [5.74, 6) is 0.188. The van der Waals surface area contributed by atoms with Crippen LogP contribution in [-0.4, -0.2) is 6.88 Å². The molecule has 217 valence electrons. The molecule has 2 atom stereocenters. The molecule has 0 nitrogen and oxygen atoms in total. The van der Waals surface area contributed by atoms with Gasteiger partial charge in [-0.1, -0.05) is 0 Å². The Morgan fingerprint density at radius 3 is 2.10 bits per heavy atom. The first-order valence-electron chi connectivity index (χ1n) is 14.7. The summed E-state index contributed by atoms with van der Waals surface area (Å²) in [6, 6.07) is 29.8. The predicted molar refractivity (Wildman–Crippen MR) is 188 cm³/mol. The molecule has 0 amide bonds. The first-order chi connectivity index (χ1) is 19.1. The molecule has 6 rings (SSSR count). The fourth-order valence-electron chi connectivity index (χ4n) is 7.22. The summed E-state index contributed by atoms with van der Waals surface area (Å²) >= 11 is -2.40. The number of allylic oxidation sites excluding steroid dienone is 9. The van der Waals surface area contributed by atoms with Crippen LogP contribution in [0.3, 0.4) is 0 Å². The number of rotatable bonds is 5. The number of hydrogen-bond donors (Lipinski definition) is 0. The predicted octanol–water partition coefficient (Wildman–Crippen LogP) is 10.3. The molecular weight excluding hydrogens is 647 g/mol. The average molecular weight is 690 g/mol. The van der Waals surface area contributed by atoms with Gasteiger partial charge < -0.3 is 0 Å². The molecule has 0 fully saturated rings. The molecule has 0 radical (unpaired) electrons. The molecule has 0 saturated heterocycles. The van der Waals surface area contributed by atoms with Gasteiger partial charge in [-0.3, -0.25) is 0 Å². The van der Waals surface area contributed by atoms with Crippen molar-refractivity contribution in [3.8, 4) is 0 Å². The average Bonchev–Trinajstić information content (AvgIpc) is 3.52. The third-order valence-electron chi connectivity index (χ3n) is 9.04. The standard InChI is InChI=1S/C36H33.2CH3.2ClH.H2Si.Zr/c1-5-25-22-28-13-11-21-36(33(28)23-25,30-14-7-6-8-15-30)34-31-16-10-9-12-27(31)24-32(34)26-17-19-29(20-18-26)35(2,3)4;;;;;;/h6-21,23-24,34H,5H2,1-4H3;2*1H3;2*1H;1H2;. The summed E-state index contributed by atoms with van der Waals surface area (Å²) in [7, 11) is 0. The summed E-state index contributed by atoms with van der Waals surface area (Å²) < 4.78 is 6.90. The van der Waals surface area contributed by atoms with Crippen molar-refractivity contribution >= 4 is 43.3 Å². The van der Waals surface area contributed by atoms with Gasteiger partial charge in [0.1, 0.15) is 0 Å². The Bertz CT molecular complexity index is 1690. The molecule has 0 bridgehead atoms. The van der Waals surface area contributed by atoms with Gasteiger partial charge in [0.15, 0.2) is 0 Å². The van der Waals surface area contributed by atoms with Crippen LogP contribution in [0.15, 0.2) is 123 Å². The Morgan fingerprint density at radius 2 is 1.48 bits per heavy atom. The zero-order chi connectivity index (χ0) is 28.3. The summed E-state index contributed by atoms with van der Waals surface area (Å²) in [6.07, 6.45) is 13.5. The summed E-state index contributed by atoms with van der Waals surface area (Å²) in [5, 5.41) is 0. The second-order valence-corrected chi connectivity index (χ2v) is 34.3. The second-order valence-electron chi connectivity index (χ2n) is 13.4. The van der Waals surface area contributed by atoms with Gasteiger partial charge in [0.05, 0.1) is 0 Å². The molecule has 0 heterocycles. The van der Waals surface area contributed by atoms with Crippen molar-refractivity contribution in [3.63, 3.8) is 0 Å². The van der Waals surface area contributed by atoms with Crippen LogP contribution in [0.1, 0.15) is 67.9 Å². The van der Waals surface area contributed by atoms with E-state index >= 15 is 0 Å². The van der Waals surface area contributed by atoms with E-state index in [1.54, 1.807) is 8.85 Å². The topological polar surface area (TPSA) is 0 Å². The van der Waals surface area contributed by atoms with E-state index in [4.69, 9.17) is 0 Å². The van der Waals surface area contributed by atoms with Crippen molar-refractivity contribution in [2.75, 3.05) is 0 Å². The van der Waals surface area contributed by atoms with Crippen molar-refractivity contribution in [1.29, 1.82) is 0 Å². The third kappa shape index (κ3) is 5.43. The normalized spacial score (nSPS) is 21.0. The zero-order valence-electron chi connectivity index (χ0n) is 25.7. The first kappa shape index (κ1) is 32.9. The Morgan fingerprint density at radius 1 is 0.833 bits per heavy atom. The maximum absolute atomic E-state index is 2.60. The molecule has 42 heavy (non-hydrogen) atoms. The fraction of sp³-hybridized carbons (Fsp3) is 0.263. The van der Waals surface area contributed by atoms with Crippen LogP contribution in [0.2, 0.25) is 9.26 Å². The van der Waals surface area contributed by atoms with Gasteiger partial charge in [0, 0.05) is 0 Å². The number of halogens is 2. The molecule has 4 heteroatoms. The van der Waals surface area contributed by atoms with E-state index in [-0.39, 0.29) is 41.6 Å². The minimum Gasteiger partial charge on any atom is -0.147 e. The van der Waals surface area contributed by atoms with Crippen LogP contribution in [0.25, 0.3) is 11.6 Å². The zero-order valence-corrected chi connectivity index (χ0v) is 31.2. The van der Waals surface area contributed by atoms with Crippen molar-refractivity contribution in [3.05, 3.63) is 151 Å². The molecule has 2 unspecified atom stereocenters. The van der Waals surface area contributed by atoms with Crippen LogP contribution in [0, 0.1) is 0 Å². The molecule has 3 aromatic rings. The molecular formula is C38H43Cl2SiZr. The van der Waals surface area contributed by atoms with Crippen molar-refractivity contribution in [1.82, 2.24) is 0 Å². The van der Waals surface area contributed by atoms with Crippen LogP contribution >= 0.6 is 24.8 Å². The van der Waals surface area contributed by atoms with Gasteiger partial charge in [0.25, 0.3) is 0 Å². The van der Waals surface area contributed by atoms with Crippen LogP contribution < -0.4 is 0 Å². The Labute approximate surface area is 271 Å². The largest absolute Gasteiger partial charge is 0.147 e. The Hall–Kier alpha value is -1.96. The smallest absolute Gasteiger partial charge is 0.147 e. The van der Waals surface area contributed by atoms with Gasteiger partial charge in [-0.2, -0.15) is 0 Å². The minimum absolute atomic E-state index is 0. The van der Waals surface area contributed by atoms with E-state index in [1.807, 2.05) is 0 Å². The molecule has 3 aliphatic carbocycles. The van der Waals surface area contributed by atoms with Crippen molar-refractivity contribution < 1.29 is 18.9 Å². The molecule has 0 N–H and O–H groups in total. The second kappa shape index (κ2) is 12.2. The number of hydrogen-bond acceptors (Lipinski definition) is 0. The summed E-state index contributed by atoms with van der Waals surface area (Å²) in [5.41, 5.74) is 12.7. The van der Waals surface area contributed by atoms with E-state index in [2.05, 4.69) is 153 Å². The molecule has 0 spiro atoms. The van der Waals surface area contributed by atoms with Gasteiger partial charge in [-0.05, 0) is 0 Å². The van der Waals surface area contributed by atoms with Crippen molar-refractivity contribution in [2.45, 2.75) is 60.1 Å². The van der Waals surface area contributed by atoms with E-state index in [0.29, 0.717) is 0 Å². The molecule has 0 saturated carbocycles. The molecule has 0 aliphatic heterocycles. The first-order valence-corrected chi connectivity index (χ1v) is 26.8. The van der Waals surface area contributed by atoms with Crippen molar-refractivity contribution in [2.24, 2.45) is 0 Å². The van der Waals surface area contributed by atoms with E-state index in [0.717, 1.165) is 6.42 Å². The van der Waals surface area contributed by atoms with Gasteiger partial charge in [-0.25, -0.2) is 0 Å². The van der Waals surface area contributed by atoms with Gasteiger partial charge in [-0.15, -0.1) is 24.8 Å². The molecule has 3 aliphatic rings. The molecule has 0 aromatic heterocycles. The fourth-order valence-corrected chi connectivity index (χ4v) is 14.8. The Kier molecular flexibility index (Phi) is 9.57. The monoisotopic (exact) mass is 687 g/mol. The minimum atomic E-state index is -2.40. The van der Waals surface area contributed by atoms with Crippen LogP contribution in [-0.2, 0) is 29.7 Å². The SMILES string of the molecule is CCC1=[C]([Zr]([CH3])([CH3])=[SiH2])C2=CC=CC(c3ccccc3)(C3C(c4ccc(C(C)(C)C)cc4)=Cc4ccccc43)C2=C1.Cl.Cl. The van der Waals surface area contributed by atoms with Crippen LogP contribution in [0.4, 0.5) is 0 Å². The van der Waals surface area contributed by atoms with Crippen LogP contribution in [0.5, 0.6) is 0 Å². The summed E-state index contributed by atoms with van der Waals surface area (Å²) in [4.78, 5) is 0. The third-order valence-corrected chi connectivity index (χ3v) is 15.9. The van der Waals surface area contributed by atoms with Gasteiger partial charge >= 0.3 is 249 Å². The summed E-state index contributed by atoms with van der Waals surface area (Å²) in [6.45, 7) is 11.6. The molecule has 3 aromatic carbocycles. The maximum Gasteiger partial charge on any atom is -0.147 e. The quantitative estimate of drug-likeness (QED) is 0.234. The van der Waals surface area contributed by atoms with E-state index in [9.17, 15) is 0 Å². The van der Waals surface area contributed by atoms with Gasteiger partial charge in [0.2, 0.25) is 0 Å². The number of benzene rings is 3. The maximum atomic E-state index is 2.60. The van der Waals surface area contributed by atoms with E-state index < -0.39 is 18.9 Å². The van der Waals surface area contributed by atoms with E-state index in [1.165, 1.54) is 44.5 Å². The Balaban J connectivity index is 0.00000202.